The molecule has 0 aliphatic heterocycles. The summed E-state index contributed by atoms with van der Waals surface area (Å²) in [5.74, 6) is 0. The lowest BCUT2D eigenvalue weighted by atomic mass is 10.2. The summed E-state index contributed by atoms with van der Waals surface area (Å²) in [5, 5.41) is 2.32. The van der Waals surface area contributed by atoms with Gasteiger partial charge in [-0.3, -0.25) is 0 Å². The van der Waals surface area contributed by atoms with Gasteiger partial charge in [0, 0.05) is 11.1 Å². The van der Waals surface area contributed by atoms with Crippen molar-refractivity contribution in [1.29, 1.82) is 0 Å². The van der Waals surface area contributed by atoms with Crippen LogP contribution in [-0.2, 0) is 13.1 Å². The molecule has 6 heteroatoms. The zero-order valence-electron chi connectivity index (χ0n) is 10.8. The average Bonchev–Trinajstić information content (AvgIpc) is 2.39. The van der Waals surface area contributed by atoms with Crippen molar-refractivity contribution in [2.75, 3.05) is 0 Å². The summed E-state index contributed by atoms with van der Waals surface area (Å²) in [5.41, 5.74) is 2.77. The zero-order chi connectivity index (χ0) is 14.8. The molecule has 0 unspecified atom stereocenters. The van der Waals surface area contributed by atoms with Gasteiger partial charge >= 0.3 is 0 Å². The third-order valence-electron chi connectivity index (χ3n) is 2.45. The molecule has 0 saturated carbocycles. The topological polar surface area (TPSA) is 109 Å². The standard InChI is InChI=1S/C14H15N.ClHO4/c1-3-7-13(8-4-1)11-15-12-14-9-5-2-6-10-14;2-1(3,4)5/h1-10,15H,11-12H2;(H,2,3,4,5). The van der Waals surface area contributed by atoms with Crippen molar-refractivity contribution in [3.05, 3.63) is 71.8 Å². The van der Waals surface area contributed by atoms with E-state index in [0.29, 0.717) is 0 Å². The lowest BCUT2D eigenvalue weighted by Crippen LogP contribution is -2.80. The van der Waals surface area contributed by atoms with E-state index in [4.69, 9.17) is 18.6 Å². The Balaban J connectivity index is 0.000000347. The van der Waals surface area contributed by atoms with Crippen LogP contribution in [0.1, 0.15) is 11.1 Å². The maximum absolute atomic E-state index is 8.49. The number of hydrogen-bond acceptors (Lipinski definition) is 4. The van der Waals surface area contributed by atoms with Gasteiger partial charge in [-0.2, -0.15) is 0 Å². The van der Waals surface area contributed by atoms with Crippen LogP contribution in [0.25, 0.3) is 0 Å². The molecule has 0 spiro atoms. The van der Waals surface area contributed by atoms with Crippen LogP contribution in [0.3, 0.4) is 0 Å². The van der Waals surface area contributed by atoms with Gasteiger partial charge in [0.05, 0.1) is 0 Å². The molecule has 108 valence electrons. The molecule has 0 bridgehead atoms. The molecule has 2 aromatic carbocycles. The van der Waals surface area contributed by atoms with Gasteiger partial charge in [0.15, 0.2) is 0 Å². The summed E-state index contributed by atoms with van der Waals surface area (Å²) in [6.45, 7) is 2.10. The Bertz CT molecular complexity index is 428. The first-order valence-corrected chi connectivity index (χ1v) is 7.20. The second-order valence-corrected chi connectivity index (χ2v) is 4.80. The number of benzene rings is 2. The SMILES string of the molecule is [O-][Cl+3]([O-])([O-])[O-].c1ccc(C[NH2+]Cc2ccccc2)cc1. The fourth-order valence-electron chi connectivity index (χ4n) is 1.63. The Labute approximate surface area is 119 Å². The summed E-state index contributed by atoms with van der Waals surface area (Å²) >= 11 is 0. The molecule has 0 aromatic heterocycles. The molecule has 0 aliphatic rings. The minimum atomic E-state index is -4.94. The van der Waals surface area contributed by atoms with Crippen molar-refractivity contribution in [1.82, 2.24) is 0 Å². The summed E-state index contributed by atoms with van der Waals surface area (Å²) in [7, 11) is -4.94. The Morgan fingerprint density at radius 3 is 1.25 bits per heavy atom. The van der Waals surface area contributed by atoms with E-state index >= 15 is 0 Å². The van der Waals surface area contributed by atoms with Gasteiger partial charge in [0.2, 0.25) is 0 Å². The molecule has 2 rings (SSSR count). The quantitative estimate of drug-likeness (QED) is 0.657. The highest BCUT2D eigenvalue weighted by Gasteiger charge is 1.95. The molecule has 20 heavy (non-hydrogen) atoms. The van der Waals surface area contributed by atoms with Crippen LogP contribution in [0.5, 0.6) is 0 Å². The summed E-state index contributed by atoms with van der Waals surface area (Å²) in [6.07, 6.45) is 0. The number of nitrogens with two attached hydrogens (primary N) is 1. The molecule has 0 saturated heterocycles. The molecule has 0 atom stereocenters. The molecule has 0 fully saturated rings. The van der Waals surface area contributed by atoms with Gasteiger partial charge in [-0.05, 0) is 0 Å². The highest BCUT2D eigenvalue weighted by atomic mass is 35.7. The van der Waals surface area contributed by atoms with E-state index in [9.17, 15) is 0 Å². The van der Waals surface area contributed by atoms with Crippen molar-refractivity contribution in [3.63, 3.8) is 0 Å². The molecular weight excluding hydrogens is 282 g/mol. The first-order chi connectivity index (χ1) is 9.45. The van der Waals surface area contributed by atoms with Gasteiger partial charge in [-0.25, -0.2) is 18.6 Å². The van der Waals surface area contributed by atoms with E-state index in [1.54, 1.807) is 0 Å². The Morgan fingerprint density at radius 1 is 0.650 bits per heavy atom. The molecule has 0 amide bonds. The highest BCUT2D eigenvalue weighted by molar-refractivity contribution is 5.14. The fraction of sp³-hybridized carbons (Fsp3) is 0.143. The smallest absolute Gasteiger partial charge is 0.101 e. The predicted molar refractivity (Wildman–Crippen MR) is 62.2 cm³/mol. The number of hydrogen-bond donors (Lipinski definition) is 1. The first-order valence-electron chi connectivity index (χ1n) is 5.96. The summed E-state index contributed by atoms with van der Waals surface area (Å²) < 4.78 is 34.0. The molecule has 0 radical (unpaired) electrons. The molecule has 0 heterocycles. The van der Waals surface area contributed by atoms with Crippen molar-refractivity contribution in [2.24, 2.45) is 0 Å². The number of halogens is 1. The lowest BCUT2D eigenvalue weighted by Gasteiger charge is -2.17. The third-order valence-corrected chi connectivity index (χ3v) is 2.45. The van der Waals surface area contributed by atoms with Crippen LogP contribution in [-0.4, -0.2) is 0 Å². The van der Waals surface area contributed by atoms with E-state index in [1.165, 1.54) is 11.1 Å². The van der Waals surface area contributed by atoms with Gasteiger partial charge in [0.1, 0.15) is 13.1 Å². The summed E-state index contributed by atoms with van der Waals surface area (Å²) in [6, 6.07) is 21.1. The average molecular weight is 298 g/mol. The normalized spacial score (nSPS) is 10.6. The molecule has 2 aromatic rings. The predicted octanol–water partition coefficient (Wildman–Crippen LogP) is -2.81. The van der Waals surface area contributed by atoms with Crippen LogP contribution in [0.2, 0.25) is 0 Å². The van der Waals surface area contributed by atoms with Crippen LogP contribution in [0.15, 0.2) is 60.7 Å². The van der Waals surface area contributed by atoms with Crippen LogP contribution < -0.4 is 24.0 Å². The Hall–Kier alpha value is -1.47. The fourth-order valence-corrected chi connectivity index (χ4v) is 1.63. The summed E-state index contributed by atoms with van der Waals surface area (Å²) in [4.78, 5) is 0. The van der Waals surface area contributed by atoms with E-state index in [-0.39, 0.29) is 0 Å². The minimum Gasteiger partial charge on any atom is -0.339 e. The maximum atomic E-state index is 8.49. The number of quaternary nitrogens is 1. The molecule has 2 N–H and O–H groups in total. The van der Waals surface area contributed by atoms with E-state index in [0.717, 1.165) is 13.1 Å². The number of rotatable bonds is 4. The zero-order valence-corrected chi connectivity index (χ0v) is 11.5. The lowest BCUT2D eigenvalue weighted by molar-refractivity contribution is -2.00. The minimum absolute atomic E-state index is 1.05. The van der Waals surface area contributed by atoms with Crippen LogP contribution in [0, 0.1) is 10.2 Å². The second kappa shape index (κ2) is 8.65. The molecule has 5 nitrogen and oxygen atoms in total. The van der Waals surface area contributed by atoms with E-state index in [1.807, 2.05) is 0 Å². The van der Waals surface area contributed by atoms with Gasteiger partial charge in [-0.1, -0.05) is 60.7 Å². The largest absolute Gasteiger partial charge is 0.339 e. The van der Waals surface area contributed by atoms with Crippen molar-refractivity contribution in [2.45, 2.75) is 13.1 Å². The highest BCUT2D eigenvalue weighted by Crippen LogP contribution is 1.96. The van der Waals surface area contributed by atoms with E-state index in [2.05, 4.69) is 66.0 Å². The first kappa shape index (κ1) is 16.6. The van der Waals surface area contributed by atoms with Gasteiger partial charge in [-0.15, -0.1) is 10.2 Å². The Morgan fingerprint density at radius 2 is 0.950 bits per heavy atom. The molecular formula is C14H16ClNO4. The van der Waals surface area contributed by atoms with Crippen molar-refractivity contribution in [3.8, 4) is 0 Å². The van der Waals surface area contributed by atoms with Gasteiger partial charge < -0.3 is 5.32 Å². The van der Waals surface area contributed by atoms with Crippen molar-refractivity contribution >= 4 is 0 Å². The van der Waals surface area contributed by atoms with Gasteiger partial charge in [0.25, 0.3) is 0 Å². The Kier molecular flexibility index (Phi) is 7.17. The maximum Gasteiger partial charge on any atom is 0.101 e. The van der Waals surface area contributed by atoms with Crippen LogP contribution in [0.4, 0.5) is 0 Å². The van der Waals surface area contributed by atoms with Crippen LogP contribution >= 0.6 is 0 Å². The molecule has 0 aliphatic carbocycles. The van der Waals surface area contributed by atoms with Crippen molar-refractivity contribution < 1.29 is 34.2 Å². The van der Waals surface area contributed by atoms with E-state index < -0.39 is 10.2 Å². The third kappa shape index (κ3) is 9.46. The second-order valence-electron chi connectivity index (χ2n) is 4.05. The monoisotopic (exact) mass is 297 g/mol.